The first-order valence-electron chi connectivity index (χ1n) is 4.12. The summed E-state index contributed by atoms with van der Waals surface area (Å²) in [5, 5.41) is 11.0. The molecule has 0 aliphatic heterocycles. The van der Waals surface area contributed by atoms with Gasteiger partial charge < -0.3 is 4.74 Å². The molecule has 1 aromatic rings. The van der Waals surface area contributed by atoms with Gasteiger partial charge in [0.15, 0.2) is 0 Å². The Labute approximate surface area is 114 Å². The topological polar surface area (TPSA) is 69.4 Å². The number of nitro groups is 1. The number of methoxy groups -OCH3 is 1. The summed E-state index contributed by atoms with van der Waals surface area (Å²) in [6, 6.07) is 2.71. The van der Waals surface area contributed by atoms with E-state index in [2.05, 4.69) is 20.7 Å². The number of ether oxygens (including phenoxy) is 1. The van der Waals surface area contributed by atoms with E-state index in [4.69, 9.17) is 0 Å². The van der Waals surface area contributed by atoms with Gasteiger partial charge in [0, 0.05) is 21.0 Å². The van der Waals surface area contributed by atoms with Crippen molar-refractivity contribution in [1.29, 1.82) is 0 Å². The molecule has 0 saturated carbocycles. The number of hydrogen-bond donors (Lipinski definition) is 0. The molecule has 7 heteroatoms. The Balaban J connectivity index is 3.40. The summed E-state index contributed by atoms with van der Waals surface area (Å²) in [6.45, 7) is 0. The van der Waals surface area contributed by atoms with Crippen molar-refractivity contribution < 1.29 is 14.5 Å². The molecule has 0 heterocycles. The number of benzene rings is 1. The minimum atomic E-state index is -0.492. The molecule has 0 fully saturated rings. The first-order chi connectivity index (χ1) is 7.51. The van der Waals surface area contributed by atoms with Crippen molar-refractivity contribution in [2.45, 2.75) is 5.33 Å². The van der Waals surface area contributed by atoms with Crippen molar-refractivity contribution >= 4 is 50.2 Å². The van der Waals surface area contributed by atoms with Gasteiger partial charge in [0.05, 0.1) is 17.6 Å². The van der Waals surface area contributed by atoms with Crippen molar-refractivity contribution in [3.8, 4) is 0 Å². The van der Waals surface area contributed by atoms with Gasteiger partial charge in [-0.25, -0.2) is 4.79 Å². The molecular weight excluding hydrogens is 393 g/mol. The van der Waals surface area contributed by atoms with Crippen LogP contribution in [0.1, 0.15) is 15.9 Å². The van der Waals surface area contributed by atoms with Crippen LogP contribution in [0.3, 0.4) is 0 Å². The number of nitro benzene ring substituents is 1. The Hall–Kier alpha value is -0.700. The molecule has 86 valence electrons. The zero-order valence-corrected chi connectivity index (χ0v) is 11.9. The number of carbonyl (C=O) groups excluding carboxylic acids is 1. The van der Waals surface area contributed by atoms with Crippen LogP contribution < -0.4 is 0 Å². The molecule has 0 amide bonds. The van der Waals surface area contributed by atoms with E-state index in [1.807, 2.05) is 22.6 Å². The van der Waals surface area contributed by atoms with Crippen molar-refractivity contribution in [3.05, 3.63) is 36.9 Å². The van der Waals surface area contributed by atoms with Crippen LogP contribution in [0.4, 0.5) is 5.69 Å². The molecule has 0 aromatic heterocycles. The van der Waals surface area contributed by atoms with Crippen LogP contribution in [0.25, 0.3) is 0 Å². The van der Waals surface area contributed by atoms with Gasteiger partial charge in [-0.3, -0.25) is 10.1 Å². The van der Waals surface area contributed by atoms with Gasteiger partial charge in [0.25, 0.3) is 5.69 Å². The van der Waals surface area contributed by atoms with Crippen LogP contribution >= 0.6 is 38.5 Å². The predicted octanol–water partition coefficient (Wildman–Crippen LogP) is 2.88. The third kappa shape index (κ3) is 2.70. The Morgan fingerprint density at radius 1 is 1.62 bits per heavy atom. The Bertz CT molecular complexity index is 449. The Morgan fingerprint density at radius 2 is 2.25 bits per heavy atom. The summed E-state index contributed by atoms with van der Waals surface area (Å²) >= 11 is 5.07. The molecule has 0 aliphatic rings. The molecule has 16 heavy (non-hydrogen) atoms. The molecule has 5 nitrogen and oxygen atoms in total. The number of carbonyl (C=O) groups is 1. The number of nitrogens with zero attached hydrogens (tertiary/aromatic N) is 1. The predicted molar refractivity (Wildman–Crippen MR) is 69.8 cm³/mol. The van der Waals surface area contributed by atoms with Crippen LogP contribution in [0.5, 0.6) is 0 Å². The molecule has 1 rings (SSSR count). The molecule has 0 aliphatic carbocycles. The summed E-state index contributed by atoms with van der Waals surface area (Å²) in [7, 11) is 1.28. The van der Waals surface area contributed by atoms with E-state index >= 15 is 0 Å². The van der Waals surface area contributed by atoms with Crippen molar-refractivity contribution in [2.24, 2.45) is 0 Å². The first kappa shape index (κ1) is 13.4. The number of non-ortho nitro benzene ring substituents is 1. The van der Waals surface area contributed by atoms with E-state index in [0.717, 1.165) is 0 Å². The van der Waals surface area contributed by atoms with Crippen molar-refractivity contribution in [3.63, 3.8) is 0 Å². The van der Waals surface area contributed by atoms with Crippen LogP contribution in [0.2, 0.25) is 0 Å². The number of esters is 1. The lowest BCUT2D eigenvalue weighted by Crippen LogP contribution is -2.08. The lowest BCUT2D eigenvalue weighted by atomic mass is 10.1. The van der Waals surface area contributed by atoms with E-state index < -0.39 is 10.9 Å². The monoisotopic (exact) mass is 399 g/mol. The van der Waals surface area contributed by atoms with Gasteiger partial charge in [-0.05, 0) is 28.2 Å². The normalized spacial score (nSPS) is 9.94. The fourth-order valence-electron chi connectivity index (χ4n) is 1.19. The van der Waals surface area contributed by atoms with Gasteiger partial charge >= 0.3 is 5.97 Å². The van der Waals surface area contributed by atoms with E-state index in [1.54, 1.807) is 0 Å². The first-order valence-corrected chi connectivity index (χ1v) is 6.32. The Kier molecular flexibility index (Phi) is 4.66. The number of hydrogen-bond acceptors (Lipinski definition) is 4. The highest BCUT2D eigenvalue weighted by molar-refractivity contribution is 14.1. The largest absolute Gasteiger partial charge is 0.465 e. The molecule has 0 saturated heterocycles. The molecule has 1 aromatic carbocycles. The standard InChI is InChI=1S/C9H7BrINO4/c1-16-9(13)8-5(4-10)2-6(12(14)15)3-7(8)11/h2-3H,4H2,1H3. The van der Waals surface area contributed by atoms with Gasteiger partial charge in [-0.15, -0.1) is 0 Å². The lowest BCUT2D eigenvalue weighted by molar-refractivity contribution is -0.385. The van der Waals surface area contributed by atoms with Crippen LogP contribution in [0.15, 0.2) is 12.1 Å². The Morgan fingerprint density at radius 3 is 2.69 bits per heavy atom. The number of halogens is 2. The average molecular weight is 400 g/mol. The zero-order valence-electron chi connectivity index (χ0n) is 8.20. The van der Waals surface area contributed by atoms with Gasteiger partial charge in [-0.1, -0.05) is 15.9 Å². The maximum absolute atomic E-state index is 11.5. The fraction of sp³-hybridized carbons (Fsp3) is 0.222. The third-order valence-corrected chi connectivity index (χ3v) is 3.36. The summed E-state index contributed by atoms with van der Waals surface area (Å²) in [4.78, 5) is 21.6. The maximum atomic E-state index is 11.5. The highest BCUT2D eigenvalue weighted by Crippen LogP contribution is 2.26. The average Bonchev–Trinajstić information content (AvgIpc) is 2.26. The van der Waals surface area contributed by atoms with Crippen molar-refractivity contribution in [2.75, 3.05) is 7.11 Å². The quantitative estimate of drug-likeness (QED) is 0.257. The number of alkyl halides is 1. The molecule has 0 atom stereocenters. The van der Waals surface area contributed by atoms with Crippen molar-refractivity contribution in [1.82, 2.24) is 0 Å². The van der Waals surface area contributed by atoms with Gasteiger partial charge in [0.1, 0.15) is 0 Å². The van der Waals surface area contributed by atoms with Crippen LogP contribution in [-0.4, -0.2) is 18.0 Å². The number of rotatable bonds is 3. The molecule has 0 unspecified atom stereocenters. The molecule has 0 spiro atoms. The third-order valence-electron chi connectivity index (χ3n) is 1.90. The second-order valence-electron chi connectivity index (χ2n) is 2.84. The van der Waals surface area contributed by atoms with E-state index in [9.17, 15) is 14.9 Å². The van der Waals surface area contributed by atoms with Gasteiger partial charge in [-0.2, -0.15) is 0 Å². The summed E-state index contributed by atoms with van der Waals surface area (Å²) in [5.41, 5.74) is 0.877. The minimum absolute atomic E-state index is 0.0356. The highest BCUT2D eigenvalue weighted by Gasteiger charge is 2.20. The second kappa shape index (κ2) is 5.58. The smallest absolute Gasteiger partial charge is 0.339 e. The summed E-state index contributed by atoms with van der Waals surface area (Å²) in [6.07, 6.45) is 0. The SMILES string of the molecule is COC(=O)c1c(I)cc([N+](=O)[O-])cc1CBr. The van der Waals surface area contributed by atoms with E-state index in [-0.39, 0.29) is 5.69 Å². The molecule has 0 bridgehead atoms. The fourth-order valence-corrected chi connectivity index (χ4v) is 2.52. The summed E-state index contributed by atoms with van der Waals surface area (Å²) < 4.78 is 5.13. The highest BCUT2D eigenvalue weighted by atomic mass is 127. The van der Waals surface area contributed by atoms with Gasteiger partial charge in [0.2, 0.25) is 0 Å². The minimum Gasteiger partial charge on any atom is -0.465 e. The van der Waals surface area contributed by atoms with E-state index in [0.29, 0.717) is 20.0 Å². The molecular formula is C9H7BrINO4. The summed E-state index contributed by atoms with van der Waals surface area (Å²) in [5.74, 6) is -0.492. The zero-order chi connectivity index (χ0) is 12.3. The molecule has 0 radical (unpaired) electrons. The van der Waals surface area contributed by atoms with E-state index in [1.165, 1.54) is 19.2 Å². The lowest BCUT2D eigenvalue weighted by Gasteiger charge is -2.07. The molecule has 0 N–H and O–H groups in total. The second-order valence-corrected chi connectivity index (χ2v) is 4.57. The van der Waals surface area contributed by atoms with Crippen LogP contribution in [-0.2, 0) is 10.1 Å². The van der Waals surface area contributed by atoms with Crippen LogP contribution in [0, 0.1) is 13.7 Å². The maximum Gasteiger partial charge on any atom is 0.339 e.